The van der Waals surface area contributed by atoms with Gasteiger partial charge in [-0.15, -0.1) is 0 Å². The van der Waals surface area contributed by atoms with E-state index in [0.29, 0.717) is 22.3 Å². The highest BCUT2D eigenvalue weighted by atomic mass is 16.5. The predicted octanol–water partition coefficient (Wildman–Crippen LogP) is 6.18. The van der Waals surface area contributed by atoms with E-state index in [2.05, 4.69) is 44.9 Å². The molecule has 0 spiro atoms. The molecule has 0 saturated heterocycles. The van der Waals surface area contributed by atoms with Crippen molar-refractivity contribution in [2.75, 3.05) is 28.4 Å². The maximum Gasteiger partial charge on any atom is 0.337 e. The first-order chi connectivity index (χ1) is 31.2. The fraction of sp³-hybridized carbons (Fsp3) is 0.115. The number of allylic oxidation sites excluding steroid dienone is 2. The topological polar surface area (TPSA) is 161 Å². The van der Waals surface area contributed by atoms with E-state index < -0.39 is 23.9 Å². The van der Waals surface area contributed by atoms with Crippen molar-refractivity contribution in [2.24, 2.45) is 0 Å². The molecule has 5 heterocycles. The number of ether oxygens (including phenoxy) is 4. The highest BCUT2D eigenvalue weighted by Gasteiger charge is 2.28. The molecule has 12 nitrogen and oxygen atoms in total. The van der Waals surface area contributed by atoms with Crippen LogP contribution in [0.3, 0.4) is 0 Å². The van der Waals surface area contributed by atoms with Gasteiger partial charge in [-0.1, -0.05) is 60.7 Å². The van der Waals surface area contributed by atoms with Crippen LogP contribution in [0.5, 0.6) is 0 Å². The van der Waals surface area contributed by atoms with Crippen molar-refractivity contribution in [1.82, 2.24) is 20.6 Å². The Morgan fingerprint density at radius 1 is 0.391 bits per heavy atom. The zero-order valence-electron chi connectivity index (χ0n) is 35.3. The maximum atomic E-state index is 12.5. The van der Waals surface area contributed by atoms with Crippen LogP contribution in [0.2, 0.25) is 0 Å². The molecule has 8 bridgehead atoms. The number of methoxy groups -OCH3 is 4. The summed E-state index contributed by atoms with van der Waals surface area (Å²) in [6.45, 7) is 0. The molecule has 0 saturated carbocycles. The Morgan fingerprint density at radius 3 is 1.02 bits per heavy atom. The number of hydrogen-bond donors (Lipinski definition) is 4. The number of benzene rings is 4. The molecule has 12 heteroatoms. The van der Waals surface area contributed by atoms with Gasteiger partial charge in [0, 0.05) is 55.8 Å². The van der Waals surface area contributed by atoms with Gasteiger partial charge in [-0.05, 0) is 107 Å². The first kappa shape index (κ1) is 41.0. The third kappa shape index (κ3) is 7.62. The van der Waals surface area contributed by atoms with E-state index in [-0.39, 0.29) is 12.1 Å². The van der Waals surface area contributed by atoms with Gasteiger partial charge in [-0.25, -0.2) is 19.2 Å². The second-order valence-corrected chi connectivity index (χ2v) is 15.2. The molecule has 64 heavy (non-hydrogen) atoms. The summed E-state index contributed by atoms with van der Waals surface area (Å²) in [7, 11) is 5.43. The first-order valence-electron chi connectivity index (χ1n) is 20.4. The minimum atomic E-state index is -0.436. The monoisotopic (exact) mass is 850 g/mol. The number of hydrogen-bond acceptors (Lipinski definition) is 10. The van der Waals surface area contributed by atoms with Gasteiger partial charge in [0.2, 0.25) is 0 Å². The van der Waals surface area contributed by atoms with E-state index in [9.17, 15) is 19.2 Å². The number of H-pyrrole nitrogens is 2. The summed E-state index contributed by atoms with van der Waals surface area (Å²) >= 11 is 0. The first-order valence-corrected chi connectivity index (χ1v) is 20.4. The van der Waals surface area contributed by atoms with Crippen LogP contribution in [-0.4, -0.2) is 74.4 Å². The van der Waals surface area contributed by atoms with Gasteiger partial charge < -0.3 is 39.5 Å². The Morgan fingerprint density at radius 2 is 0.703 bits per heavy atom. The molecule has 6 aromatic rings. The smallest absolute Gasteiger partial charge is 0.337 e. The fourth-order valence-corrected chi connectivity index (χ4v) is 8.46. The summed E-state index contributed by atoms with van der Waals surface area (Å²) in [5.74, 6) is -1.74. The number of rotatable bonds is 8. The zero-order valence-corrected chi connectivity index (χ0v) is 35.3. The van der Waals surface area contributed by atoms with Crippen molar-refractivity contribution in [3.05, 3.63) is 224 Å². The van der Waals surface area contributed by atoms with Gasteiger partial charge in [0.05, 0.1) is 62.8 Å². The molecule has 0 radical (unpaired) electrons. The Bertz CT molecular complexity index is 2890. The Balaban J connectivity index is 1.31. The van der Waals surface area contributed by atoms with Crippen LogP contribution in [0.1, 0.15) is 75.1 Å². The lowest BCUT2D eigenvalue weighted by Crippen LogP contribution is -2.32. The number of esters is 4. The minimum absolute atomic E-state index is 0.347. The number of aromatic nitrogens is 2. The number of carbonyl (C=O) groups is 4. The molecule has 2 atom stereocenters. The van der Waals surface area contributed by atoms with E-state index >= 15 is 0 Å². The molecule has 9 rings (SSSR count). The lowest BCUT2D eigenvalue weighted by atomic mass is 9.97. The van der Waals surface area contributed by atoms with Crippen LogP contribution in [0.25, 0.3) is 22.3 Å². The summed E-state index contributed by atoms with van der Waals surface area (Å²) in [6, 6.07) is 36.7. The van der Waals surface area contributed by atoms with Crippen molar-refractivity contribution in [1.29, 1.82) is 0 Å². The highest BCUT2D eigenvalue weighted by Crippen LogP contribution is 2.36. The van der Waals surface area contributed by atoms with E-state index in [1.807, 2.05) is 72.8 Å². The van der Waals surface area contributed by atoms with Gasteiger partial charge in [0.25, 0.3) is 0 Å². The van der Waals surface area contributed by atoms with E-state index in [4.69, 9.17) is 18.9 Å². The number of carbonyl (C=O) groups excluding carboxylic acids is 4. The van der Waals surface area contributed by atoms with Crippen molar-refractivity contribution < 1.29 is 38.1 Å². The van der Waals surface area contributed by atoms with Crippen molar-refractivity contribution in [2.45, 2.75) is 12.1 Å². The molecular formula is C52H42N4O8. The van der Waals surface area contributed by atoms with E-state index in [1.54, 1.807) is 48.5 Å². The van der Waals surface area contributed by atoms with Crippen molar-refractivity contribution in [3.8, 4) is 0 Å². The quantitative estimate of drug-likeness (QED) is 0.103. The summed E-state index contributed by atoms with van der Waals surface area (Å²) in [5.41, 5.74) is 11.9. The molecule has 2 unspecified atom stereocenters. The summed E-state index contributed by atoms with van der Waals surface area (Å²) in [4.78, 5) is 57.5. The molecule has 3 aliphatic heterocycles. The second kappa shape index (κ2) is 17.2. The van der Waals surface area contributed by atoms with Crippen LogP contribution < -0.4 is 21.3 Å². The van der Waals surface area contributed by atoms with Crippen LogP contribution in [-0.2, 0) is 18.9 Å². The summed E-state index contributed by atoms with van der Waals surface area (Å²) in [5, 5.41) is 9.26. The normalized spacial score (nSPS) is 20.2. The van der Waals surface area contributed by atoms with Crippen molar-refractivity contribution in [3.63, 3.8) is 0 Å². The lowest BCUT2D eigenvalue weighted by Gasteiger charge is -2.20. The van der Waals surface area contributed by atoms with Gasteiger partial charge in [0.15, 0.2) is 0 Å². The molecule has 4 N–H and O–H groups in total. The van der Waals surface area contributed by atoms with Gasteiger partial charge in [-0.3, -0.25) is 0 Å². The number of fused-ring (bicyclic) bond motifs is 8. The Kier molecular flexibility index (Phi) is 11.0. The second-order valence-electron chi connectivity index (χ2n) is 15.2. The van der Waals surface area contributed by atoms with Crippen LogP contribution in [0.4, 0.5) is 0 Å². The molecule has 4 aromatic carbocycles. The SMILES string of the molecule is COC(=O)c1ccc(/C2=C3\C=CC(N3)/C(c3ccc(C(=O)OC)cc3)=c3/cc/c([nH]3)=C(\c3ccc(C(=O)OC)cc3)C3C=C/C(=C(\c4ccc(C(=O)OC)cc4)c4ccc2[nH]4)N3)cc1. The molecule has 0 aliphatic carbocycles. The average Bonchev–Trinajstić information content (AvgIpc) is 4.20. The third-order valence-corrected chi connectivity index (χ3v) is 11.6. The summed E-state index contributed by atoms with van der Waals surface area (Å²) in [6.07, 6.45) is 8.31. The molecule has 0 fully saturated rings. The van der Waals surface area contributed by atoms with E-state index in [1.165, 1.54) is 28.4 Å². The van der Waals surface area contributed by atoms with Crippen molar-refractivity contribution >= 4 is 46.2 Å². The minimum Gasteiger partial charge on any atom is -0.465 e. The molecular weight excluding hydrogens is 809 g/mol. The largest absolute Gasteiger partial charge is 0.465 e. The lowest BCUT2D eigenvalue weighted by molar-refractivity contribution is 0.0592. The predicted molar refractivity (Wildman–Crippen MR) is 241 cm³/mol. The molecule has 318 valence electrons. The number of nitrogens with one attached hydrogen (secondary N) is 4. The van der Waals surface area contributed by atoms with Crippen LogP contribution in [0, 0.1) is 0 Å². The van der Waals surface area contributed by atoms with Crippen LogP contribution >= 0.6 is 0 Å². The Hall–Kier alpha value is -8.38. The third-order valence-electron chi connectivity index (χ3n) is 11.6. The maximum absolute atomic E-state index is 12.5. The fourth-order valence-electron chi connectivity index (χ4n) is 8.46. The highest BCUT2D eigenvalue weighted by molar-refractivity contribution is 5.94. The molecule has 2 aromatic heterocycles. The van der Waals surface area contributed by atoms with Gasteiger partial charge >= 0.3 is 23.9 Å². The van der Waals surface area contributed by atoms with Crippen LogP contribution in [0.15, 0.2) is 157 Å². The standard InChI is InChI=1S/C52H42N4O8/c1-61-49(57)33-13-5-29(6-14-33)45-37-21-23-39(53-37)46(30-7-15-34(16-8-30)50(58)62-2)41-25-27-43(55-41)48(32-11-19-36(20-12-32)52(60)64-4)44-28-26-42(56-44)47(40-24-22-38(45)54-40)31-9-17-35(18-10-31)51(59)63-3/h5-28,37,42,53-56H,1-4H3/b45-38-,46-39-,47-40-,48-44-. The Labute approximate surface area is 367 Å². The van der Waals surface area contributed by atoms with Gasteiger partial charge in [-0.2, -0.15) is 0 Å². The average molecular weight is 851 g/mol. The van der Waals surface area contributed by atoms with Gasteiger partial charge in [0.1, 0.15) is 0 Å². The number of aromatic amines is 2. The zero-order chi connectivity index (χ0) is 44.5. The molecule has 3 aliphatic rings. The molecule has 0 amide bonds. The van der Waals surface area contributed by atoms with E-state index in [0.717, 1.165) is 78.0 Å². The summed E-state index contributed by atoms with van der Waals surface area (Å²) < 4.78 is 20.0.